The molecule has 0 amide bonds. The molecule has 0 aromatic rings. The van der Waals surface area contributed by atoms with E-state index in [4.69, 9.17) is 14.2 Å². The summed E-state index contributed by atoms with van der Waals surface area (Å²) in [5.74, 6) is -0.903. The summed E-state index contributed by atoms with van der Waals surface area (Å²) in [6, 6.07) is 0. The number of allylic oxidation sites excluding steroid dienone is 12. The Morgan fingerprint density at radius 2 is 0.582 bits per heavy atom. The van der Waals surface area contributed by atoms with E-state index in [0.29, 0.717) is 19.3 Å². The van der Waals surface area contributed by atoms with Gasteiger partial charge >= 0.3 is 17.9 Å². The van der Waals surface area contributed by atoms with Crippen molar-refractivity contribution in [2.45, 2.75) is 284 Å². The lowest BCUT2D eigenvalue weighted by Gasteiger charge is -2.18. The molecule has 0 spiro atoms. The van der Waals surface area contributed by atoms with Crippen LogP contribution < -0.4 is 0 Å². The zero-order chi connectivity index (χ0) is 48.6. The van der Waals surface area contributed by atoms with Gasteiger partial charge < -0.3 is 14.2 Å². The summed E-state index contributed by atoms with van der Waals surface area (Å²) in [4.78, 5) is 38.1. The van der Waals surface area contributed by atoms with Crippen molar-refractivity contribution in [2.75, 3.05) is 13.2 Å². The molecule has 386 valence electrons. The number of carbonyl (C=O) groups is 3. The molecule has 0 aliphatic heterocycles. The van der Waals surface area contributed by atoms with Gasteiger partial charge in [-0.25, -0.2) is 0 Å². The number of ether oxygens (including phenoxy) is 3. The maximum atomic E-state index is 12.9. The van der Waals surface area contributed by atoms with Gasteiger partial charge in [0.25, 0.3) is 0 Å². The maximum absolute atomic E-state index is 12.9. The first-order chi connectivity index (χ1) is 33.0. The SMILES string of the molecule is CC/C=C\C/C=C\C/C=C\C/C=C\CCCCCCCCC(=O)OCC(COC(=O)CCCCCCC/C=C\C/C=C\CC)OC(=O)CCCCCCCCCCCCCCCCCCCC. The van der Waals surface area contributed by atoms with Crippen LogP contribution >= 0.6 is 0 Å². The van der Waals surface area contributed by atoms with Crippen molar-refractivity contribution in [3.05, 3.63) is 72.9 Å². The van der Waals surface area contributed by atoms with E-state index in [1.807, 2.05) is 0 Å². The average Bonchev–Trinajstić information content (AvgIpc) is 3.33. The Hall–Kier alpha value is -3.15. The molecule has 0 radical (unpaired) electrons. The fraction of sp³-hybridized carbons (Fsp3) is 0.754. The minimum atomic E-state index is -0.785. The zero-order valence-corrected chi connectivity index (χ0v) is 44.2. The Balaban J connectivity index is 4.36. The standard InChI is InChI=1S/C61H106O6/c1-4-7-10-13-16-19-22-25-27-29-31-33-34-36-39-42-45-48-51-54-60(63)66-57-58(56-65-59(62)53-50-47-44-41-38-24-21-18-15-12-9-6-3)67-61(64)55-52-49-46-43-40-37-35-32-30-28-26-23-20-17-14-11-8-5-2/h7,9-10,12,16,18-19,21,25,27,31,33,58H,4-6,8,11,13-15,17,20,22-24,26,28-30,32,34-57H2,1-3H3/b10-7-,12-9-,19-16-,21-18-,27-25-,33-31-. The molecule has 6 nitrogen and oxygen atoms in total. The van der Waals surface area contributed by atoms with Crippen molar-refractivity contribution in [3.63, 3.8) is 0 Å². The summed E-state index contributed by atoms with van der Waals surface area (Å²) in [5, 5.41) is 0. The first kappa shape index (κ1) is 63.8. The van der Waals surface area contributed by atoms with Crippen LogP contribution in [0.3, 0.4) is 0 Å². The van der Waals surface area contributed by atoms with Crippen LogP contribution in [0.1, 0.15) is 278 Å². The first-order valence-electron chi connectivity index (χ1n) is 28.4. The molecule has 0 rings (SSSR count). The first-order valence-corrected chi connectivity index (χ1v) is 28.4. The number of carbonyl (C=O) groups excluding carboxylic acids is 3. The quantitative estimate of drug-likeness (QED) is 0.0262. The van der Waals surface area contributed by atoms with Crippen LogP contribution in [-0.2, 0) is 28.6 Å². The summed E-state index contributed by atoms with van der Waals surface area (Å²) in [7, 11) is 0. The Bertz CT molecular complexity index is 1260. The average molecular weight is 936 g/mol. The third-order valence-corrected chi connectivity index (χ3v) is 12.2. The van der Waals surface area contributed by atoms with Crippen molar-refractivity contribution in [1.82, 2.24) is 0 Å². The number of hydrogen-bond acceptors (Lipinski definition) is 6. The third-order valence-electron chi connectivity index (χ3n) is 12.2. The molecule has 0 aliphatic carbocycles. The maximum Gasteiger partial charge on any atom is 0.306 e. The van der Waals surface area contributed by atoms with Gasteiger partial charge in [-0.15, -0.1) is 0 Å². The number of esters is 3. The van der Waals surface area contributed by atoms with E-state index in [1.165, 1.54) is 116 Å². The topological polar surface area (TPSA) is 78.9 Å². The highest BCUT2D eigenvalue weighted by Gasteiger charge is 2.19. The minimum absolute atomic E-state index is 0.0856. The monoisotopic (exact) mass is 935 g/mol. The molecule has 0 bridgehead atoms. The molecule has 0 saturated carbocycles. The smallest absolute Gasteiger partial charge is 0.306 e. The van der Waals surface area contributed by atoms with Crippen LogP contribution in [0.4, 0.5) is 0 Å². The summed E-state index contributed by atoms with van der Waals surface area (Å²) in [6.07, 6.45) is 70.4. The van der Waals surface area contributed by atoms with Crippen molar-refractivity contribution in [1.29, 1.82) is 0 Å². The molecule has 1 unspecified atom stereocenters. The summed E-state index contributed by atoms with van der Waals surface area (Å²) in [5.41, 5.74) is 0. The molecule has 0 saturated heterocycles. The fourth-order valence-electron chi connectivity index (χ4n) is 8.00. The van der Waals surface area contributed by atoms with Crippen LogP contribution in [0.2, 0.25) is 0 Å². The van der Waals surface area contributed by atoms with E-state index < -0.39 is 6.10 Å². The molecular weight excluding hydrogens is 829 g/mol. The lowest BCUT2D eigenvalue weighted by molar-refractivity contribution is -0.167. The number of unbranched alkanes of at least 4 members (excludes halogenated alkanes) is 28. The number of rotatable bonds is 51. The second-order valence-electron chi connectivity index (χ2n) is 18.8. The Kier molecular flexibility index (Phi) is 52.8. The normalized spacial score (nSPS) is 12.6. The van der Waals surface area contributed by atoms with Gasteiger partial charge in [0, 0.05) is 19.3 Å². The van der Waals surface area contributed by atoms with Crippen molar-refractivity contribution in [2.24, 2.45) is 0 Å². The lowest BCUT2D eigenvalue weighted by atomic mass is 10.0. The van der Waals surface area contributed by atoms with Crippen molar-refractivity contribution < 1.29 is 28.6 Å². The third kappa shape index (κ3) is 53.7. The molecule has 6 heteroatoms. The second-order valence-corrected chi connectivity index (χ2v) is 18.8. The Morgan fingerprint density at radius 3 is 0.910 bits per heavy atom. The largest absolute Gasteiger partial charge is 0.462 e. The summed E-state index contributed by atoms with van der Waals surface area (Å²) in [6.45, 7) is 6.42. The van der Waals surface area contributed by atoms with E-state index in [-0.39, 0.29) is 31.1 Å². The van der Waals surface area contributed by atoms with Gasteiger partial charge in [0.1, 0.15) is 13.2 Å². The van der Waals surface area contributed by atoms with Crippen LogP contribution in [0.5, 0.6) is 0 Å². The fourth-order valence-corrected chi connectivity index (χ4v) is 8.00. The summed E-state index contributed by atoms with van der Waals surface area (Å²) < 4.78 is 16.8. The molecule has 0 aliphatic rings. The molecule has 0 fully saturated rings. The highest BCUT2D eigenvalue weighted by Crippen LogP contribution is 2.16. The van der Waals surface area contributed by atoms with Crippen LogP contribution in [-0.4, -0.2) is 37.2 Å². The molecule has 1 atom stereocenters. The lowest BCUT2D eigenvalue weighted by Crippen LogP contribution is -2.30. The predicted molar refractivity (Wildman–Crippen MR) is 288 cm³/mol. The highest BCUT2D eigenvalue weighted by atomic mass is 16.6. The van der Waals surface area contributed by atoms with Crippen LogP contribution in [0.15, 0.2) is 72.9 Å². The van der Waals surface area contributed by atoms with Crippen molar-refractivity contribution in [3.8, 4) is 0 Å². The number of hydrogen-bond donors (Lipinski definition) is 0. The molecular formula is C61H106O6. The van der Waals surface area contributed by atoms with Crippen molar-refractivity contribution >= 4 is 17.9 Å². The zero-order valence-electron chi connectivity index (χ0n) is 44.2. The second kappa shape index (κ2) is 55.4. The van der Waals surface area contributed by atoms with Gasteiger partial charge in [-0.1, -0.05) is 248 Å². The Morgan fingerprint density at radius 1 is 0.313 bits per heavy atom. The van der Waals surface area contributed by atoms with E-state index in [1.54, 1.807) is 0 Å². The minimum Gasteiger partial charge on any atom is -0.462 e. The summed E-state index contributed by atoms with van der Waals surface area (Å²) >= 11 is 0. The molecule has 0 aromatic heterocycles. The molecule has 0 aromatic carbocycles. The van der Waals surface area contributed by atoms with E-state index in [0.717, 1.165) is 122 Å². The molecule has 67 heavy (non-hydrogen) atoms. The Labute approximate surface area is 414 Å². The highest BCUT2D eigenvalue weighted by molar-refractivity contribution is 5.71. The van der Waals surface area contributed by atoms with Crippen LogP contribution in [0.25, 0.3) is 0 Å². The van der Waals surface area contributed by atoms with Gasteiger partial charge in [-0.05, 0) is 83.5 Å². The van der Waals surface area contributed by atoms with Gasteiger partial charge in [0.05, 0.1) is 0 Å². The van der Waals surface area contributed by atoms with E-state index in [9.17, 15) is 14.4 Å². The van der Waals surface area contributed by atoms with Gasteiger partial charge in [-0.3, -0.25) is 14.4 Å². The van der Waals surface area contributed by atoms with Gasteiger partial charge in [0.2, 0.25) is 0 Å². The van der Waals surface area contributed by atoms with E-state index in [2.05, 4.69) is 93.7 Å². The van der Waals surface area contributed by atoms with Gasteiger partial charge in [-0.2, -0.15) is 0 Å². The van der Waals surface area contributed by atoms with Crippen LogP contribution in [0, 0.1) is 0 Å². The molecule has 0 heterocycles. The van der Waals surface area contributed by atoms with E-state index >= 15 is 0 Å². The van der Waals surface area contributed by atoms with Gasteiger partial charge in [0.15, 0.2) is 6.10 Å². The predicted octanol–water partition coefficient (Wildman–Crippen LogP) is 19.0. The molecule has 0 N–H and O–H groups in total.